The van der Waals surface area contributed by atoms with E-state index in [-0.39, 0.29) is 6.42 Å². The third-order valence-corrected chi connectivity index (χ3v) is 3.34. The van der Waals surface area contributed by atoms with Crippen molar-refractivity contribution in [3.8, 4) is 0 Å². The molecule has 2 rings (SSSR count). The number of carbonyl (C=O) groups is 2. The van der Waals surface area contributed by atoms with Gasteiger partial charge in [-0.25, -0.2) is 9.69 Å². The van der Waals surface area contributed by atoms with Gasteiger partial charge in [0, 0.05) is 6.42 Å². The normalized spacial score (nSPS) is 43.5. The van der Waals surface area contributed by atoms with Crippen LogP contribution in [0.1, 0.15) is 13.3 Å². The Hall–Kier alpha value is -1.26. The first-order chi connectivity index (χ1) is 8.78. The number of amides is 3. The molecule has 0 aromatic carbocycles. The fourth-order valence-electron chi connectivity index (χ4n) is 2.08. The van der Waals surface area contributed by atoms with Crippen molar-refractivity contribution < 1.29 is 34.8 Å². The van der Waals surface area contributed by atoms with Gasteiger partial charge >= 0.3 is 6.03 Å². The molecular formula is C10H16N2O7. The molecule has 0 radical (unpaired) electrons. The average molecular weight is 276 g/mol. The number of aliphatic hydroxyl groups is 4. The first-order valence-electron chi connectivity index (χ1n) is 5.78. The standard InChI is InChI=1S/C10H16N2O7/c1-10(18)7(15)11-9(17)12(8(10)16)6-2-4(14)5(3-13)19-6/h4-7,13-15,18H,2-3H2,1H3,(H,11,17)/t4-,5+,6+,7?,10?/m0/s1. The van der Waals surface area contributed by atoms with Crippen LogP contribution in [0.5, 0.6) is 0 Å². The molecule has 0 aromatic rings. The molecule has 2 aliphatic heterocycles. The molecule has 2 unspecified atom stereocenters. The summed E-state index contributed by atoms with van der Waals surface area (Å²) in [5, 5.41) is 39.8. The highest BCUT2D eigenvalue weighted by Crippen LogP contribution is 2.28. The van der Waals surface area contributed by atoms with Crippen molar-refractivity contribution in [3.63, 3.8) is 0 Å². The topological polar surface area (TPSA) is 140 Å². The molecule has 9 heteroatoms. The molecule has 3 amide bonds. The Morgan fingerprint density at radius 3 is 2.63 bits per heavy atom. The molecule has 2 saturated heterocycles. The van der Waals surface area contributed by atoms with Gasteiger partial charge in [0.25, 0.3) is 5.91 Å². The van der Waals surface area contributed by atoms with Crippen LogP contribution < -0.4 is 5.32 Å². The highest BCUT2D eigenvalue weighted by Gasteiger charge is 2.53. The van der Waals surface area contributed by atoms with Crippen LogP contribution in [0.4, 0.5) is 4.79 Å². The van der Waals surface area contributed by atoms with Gasteiger partial charge in [0.15, 0.2) is 11.8 Å². The third-order valence-electron chi connectivity index (χ3n) is 3.34. The highest BCUT2D eigenvalue weighted by molar-refractivity contribution is 6.01. The Morgan fingerprint density at radius 2 is 2.11 bits per heavy atom. The fraction of sp³-hybridized carbons (Fsp3) is 0.800. The zero-order valence-electron chi connectivity index (χ0n) is 10.2. The summed E-state index contributed by atoms with van der Waals surface area (Å²) >= 11 is 0. The number of urea groups is 1. The van der Waals surface area contributed by atoms with Crippen molar-refractivity contribution >= 4 is 11.9 Å². The molecule has 5 atom stereocenters. The van der Waals surface area contributed by atoms with Gasteiger partial charge in [0.05, 0.1) is 12.7 Å². The van der Waals surface area contributed by atoms with Crippen molar-refractivity contribution in [2.45, 2.75) is 43.6 Å². The van der Waals surface area contributed by atoms with Crippen LogP contribution in [-0.2, 0) is 9.53 Å². The molecule has 0 saturated carbocycles. The van der Waals surface area contributed by atoms with Gasteiger partial charge in [-0.05, 0) is 6.92 Å². The molecular weight excluding hydrogens is 260 g/mol. The monoisotopic (exact) mass is 276 g/mol. The third kappa shape index (κ3) is 2.19. The zero-order valence-corrected chi connectivity index (χ0v) is 10.2. The summed E-state index contributed by atoms with van der Waals surface area (Å²) in [6.45, 7) is 0.599. The minimum absolute atomic E-state index is 0.0729. The van der Waals surface area contributed by atoms with Crippen LogP contribution in [-0.4, -0.2) is 74.1 Å². The molecule has 2 heterocycles. The van der Waals surface area contributed by atoms with Crippen molar-refractivity contribution in [2.75, 3.05) is 6.61 Å². The molecule has 2 fully saturated rings. The van der Waals surface area contributed by atoms with Crippen LogP contribution in [0.2, 0.25) is 0 Å². The van der Waals surface area contributed by atoms with Crippen LogP contribution in [0.15, 0.2) is 0 Å². The second-order valence-electron chi connectivity index (χ2n) is 4.79. The van der Waals surface area contributed by atoms with E-state index in [2.05, 4.69) is 0 Å². The maximum absolute atomic E-state index is 12.0. The molecule has 108 valence electrons. The van der Waals surface area contributed by atoms with Crippen LogP contribution in [0.25, 0.3) is 0 Å². The number of rotatable bonds is 2. The number of hydrogen-bond donors (Lipinski definition) is 5. The molecule has 0 aromatic heterocycles. The largest absolute Gasteiger partial charge is 0.394 e. The van der Waals surface area contributed by atoms with Gasteiger partial charge < -0.3 is 30.5 Å². The summed E-state index contributed by atoms with van der Waals surface area (Å²) in [6.07, 6.45) is -4.81. The maximum atomic E-state index is 12.0. The lowest BCUT2D eigenvalue weighted by Crippen LogP contribution is -2.70. The van der Waals surface area contributed by atoms with Gasteiger partial charge in [-0.3, -0.25) is 4.79 Å². The summed E-state index contributed by atoms with van der Waals surface area (Å²) in [7, 11) is 0. The van der Waals surface area contributed by atoms with E-state index in [4.69, 9.17) is 9.84 Å². The van der Waals surface area contributed by atoms with Gasteiger partial charge in [-0.15, -0.1) is 0 Å². The lowest BCUT2D eigenvalue weighted by molar-refractivity contribution is -0.177. The Balaban J connectivity index is 2.20. The summed E-state index contributed by atoms with van der Waals surface area (Å²) in [6, 6.07) is -0.931. The van der Waals surface area contributed by atoms with Crippen molar-refractivity contribution in [1.82, 2.24) is 10.2 Å². The Labute approximate surface area is 108 Å². The number of aliphatic hydroxyl groups excluding tert-OH is 3. The minimum atomic E-state index is -2.18. The van der Waals surface area contributed by atoms with Crippen LogP contribution in [0.3, 0.4) is 0 Å². The Bertz CT molecular complexity index is 399. The van der Waals surface area contributed by atoms with Crippen molar-refractivity contribution in [3.05, 3.63) is 0 Å². The minimum Gasteiger partial charge on any atom is -0.394 e. The summed E-state index contributed by atoms with van der Waals surface area (Å²) in [5.74, 6) is -1.03. The molecule has 2 aliphatic rings. The lowest BCUT2D eigenvalue weighted by Gasteiger charge is -2.40. The first-order valence-corrected chi connectivity index (χ1v) is 5.78. The predicted octanol–water partition coefficient (Wildman–Crippen LogP) is -2.92. The van der Waals surface area contributed by atoms with Crippen LogP contribution in [0, 0.1) is 0 Å². The van der Waals surface area contributed by atoms with Gasteiger partial charge in [-0.2, -0.15) is 0 Å². The molecule has 0 bridgehead atoms. The van der Waals surface area contributed by atoms with Gasteiger partial charge in [0.2, 0.25) is 0 Å². The second-order valence-corrected chi connectivity index (χ2v) is 4.79. The highest BCUT2D eigenvalue weighted by atomic mass is 16.5. The summed E-state index contributed by atoms with van der Waals surface area (Å²) in [4.78, 5) is 24.3. The van der Waals surface area contributed by atoms with Crippen LogP contribution >= 0.6 is 0 Å². The number of carbonyl (C=O) groups excluding carboxylic acids is 2. The van der Waals surface area contributed by atoms with E-state index in [1.165, 1.54) is 0 Å². The molecule has 5 N–H and O–H groups in total. The van der Waals surface area contributed by atoms with E-state index in [1.54, 1.807) is 0 Å². The number of nitrogens with zero attached hydrogens (tertiary/aromatic N) is 1. The quantitative estimate of drug-likeness (QED) is 0.364. The van der Waals surface area contributed by atoms with E-state index in [9.17, 15) is 24.9 Å². The number of imide groups is 1. The summed E-state index contributed by atoms with van der Waals surface area (Å²) in [5.41, 5.74) is -2.18. The molecule has 0 aliphatic carbocycles. The molecule has 0 spiro atoms. The summed E-state index contributed by atoms with van der Waals surface area (Å²) < 4.78 is 5.18. The first kappa shape index (κ1) is 14.2. The van der Waals surface area contributed by atoms with Crippen molar-refractivity contribution in [1.29, 1.82) is 0 Å². The van der Waals surface area contributed by atoms with Crippen molar-refractivity contribution in [2.24, 2.45) is 0 Å². The second kappa shape index (κ2) is 4.69. The molecule has 9 nitrogen and oxygen atoms in total. The van der Waals surface area contributed by atoms with E-state index in [0.29, 0.717) is 4.90 Å². The zero-order chi connectivity index (χ0) is 14.4. The number of hydrogen-bond acceptors (Lipinski definition) is 7. The SMILES string of the molecule is CC1(O)C(=O)N([C@H]2C[C@H](O)[C@@H](CO)O2)C(=O)NC1O. The lowest BCUT2D eigenvalue weighted by atomic mass is 10.00. The van der Waals surface area contributed by atoms with E-state index < -0.39 is 48.8 Å². The number of ether oxygens (including phenoxy) is 1. The smallest absolute Gasteiger partial charge is 0.328 e. The van der Waals surface area contributed by atoms with E-state index in [0.717, 1.165) is 6.92 Å². The Kier molecular flexibility index (Phi) is 3.49. The van der Waals surface area contributed by atoms with Gasteiger partial charge in [0.1, 0.15) is 12.3 Å². The van der Waals surface area contributed by atoms with E-state index in [1.807, 2.05) is 5.32 Å². The number of nitrogens with one attached hydrogen (secondary N) is 1. The average Bonchev–Trinajstić information content (AvgIpc) is 2.68. The van der Waals surface area contributed by atoms with E-state index >= 15 is 0 Å². The Morgan fingerprint density at radius 1 is 1.47 bits per heavy atom. The van der Waals surface area contributed by atoms with Gasteiger partial charge in [-0.1, -0.05) is 0 Å². The molecule has 19 heavy (non-hydrogen) atoms. The maximum Gasteiger partial charge on any atom is 0.328 e. The fourth-order valence-corrected chi connectivity index (χ4v) is 2.08. The predicted molar refractivity (Wildman–Crippen MR) is 58.4 cm³/mol.